The van der Waals surface area contributed by atoms with E-state index < -0.39 is 43.3 Å². The molecule has 36 heavy (non-hydrogen) atoms. The quantitative estimate of drug-likeness (QED) is 0.328. The molecule has 0 aliphatic heterocycles. The van der Waals surface area contributed by atoms with Gasteiger partial charge in [-0.3, -0.25) is 4.79 Å². The van der Waals surface area contributed by atoms with Crippen molar-refractivity contribution in [3.63, 3.8) is 0 Å². The Kier molecular flexibility index (Phi) is 9.32. The predicted octanol–water partition coefficient (Wildman–Crippen LogP) is 2.10. The first-order valence-electron chi connectivity index (χ1n) is 10.7. The zero-order chi connectivity index (χ0) is 27.1. The molecule has 192 valence electrons. The van der Waals surface area contributed by atoms with Crippen LogP contribution in [0.1, 0.15) is 46.5 Å². The predicted molar refractivity (Wildman–Crippen MR) is 122 cm³/mol. The van der Waals surface area contributed by atoms with Crippen LogP contribution in [0, 0.1) is 11.3 Å². The molecule has 0 spiro atoms. The molecule has 2 aromatic rings. The molecule has 0 fully saturated rings. The molecule has 0 saturated heterocycles. The summed E-state index contributed by atoms with van der Waals surface area (Å²) in [7, 11) is -0.896. The summed E-state index contributed by atoms with van der Waals surface area (Å²) in [5, 5.41) is 31.9. The number of rotatable bonds is 10. The summed E-state index contributed by atoms with van der Waals surface area (Å²) in [5.41, 5.74) is -1.52. The van der Waals surface area contributed by atoms with Crippen molar-refractivity contribution in [2.24, 2.45) is 0 Å². The van der Waals surface area contributed by atoms with E-state index in [0.717, 1.165) is 31.4 Å². The van der Waals surface area contributed by atoms with Gasteiger partial charge in [0, 0.05) is 11.0 Å². The molecule has 0 heterocycles. The topological polar surface area (TPSA) is 138 Å². The lowest BCUT2D eigenvalue weighted by Gasteiger charge is -2.25. The van der Waals surface area contributed by atoms with Gasteiger partial charge in [-0.15, -0.1) is 13.2 Å². The van der Waals surface area contributed by atoms with Crippen LogP contribution in [0.2, 0.25) is 0 Å². The molecule has 1 amide bonds. The Balaban J connectivity index is 2.26. The molecule has 0 aliphatic carbocycles. The zero-order valence-electron chi connectivity index (χ0n) is 19.7. The number of amides is 1. The molecular weight excluding hydrogens is 484 g/mol. The normalized spacial score (nSPS) is 12.6. The van der Waals surface area contributed by atoms with E-state index >= 15 is 0 Å². The third kappa shape index (κ3) is 7.37. The van der Waals surface area contributed by atoms with Crippen molar-refractivity contribution in [2.75, 3.05) is 13.7 Å². The van der Waals surface area contributed by atoms with Gasteiger partial charge in [-0.2, -0.15) is 5.26 Å². The molecule has 9 nitrogen and oxygen atoms in total. The maximum Gasteiger partial charge on any atom is 0.573 e. The van der Waals surface area contributed by atoms with Gasteiger partial charge in [0.2, 0.25) is 0 Å². The lowest BCUT2D eigenvalue weighted by Crippen LogP contribution is -2.49. The summed E-state index contributed by atoms with van der Waals surface area (Å²) in [6.07, 6.45) is -3.79. The molecule has 0 radical (unpaired) electrons. The largest absolute Gasteiger partial charge is 0.573 e. The summed E-state index contributed by atoms with van der Waals surface area (Å²) in [6, 6.07) is 8.92. The van der Waals surface area contributed by atoms with Gasteiger partial charge in [-0.25, -0.2) is 4.79 Å². The summed E-state index contributed by atoms with van der Waals surface area (Å²) in [4.78, 5) is 25.0. The molecule has 1 unspecified atom stereocenters. The third-order valence-electron chi connectivity index (χ3n) is 4.97. The number of esters is 1. The highest BCUT2D eigenvalue weighted by molar-refractivity contribution is 6.61. The first kappa shape index (κ1) is 28.5. The number of halogens is 3. The Morgan fingerprint density at radius 2 is 1.78 bits per heavy atom. The van der Waals surface area contributed by atoms with Crippen molar-refractivity contribution in [3.05, 3.63) is 53.1 Å². The Bertz CT molecular complexity index is 1130. The Morgan fingerprint density at radius 1 is 1.14 bits per heavy atom. The van der Waals surface area contributed by atoms with Gasteiger partial charge in [0.05, 0.1) is 13.2 Å². The number of alkyl halides is 3. The van der Waals surface area contributed by atoms with E-state index in [2.05, 4.69) is 10.1 Å². The van der Waals surface area contributed by atoms with E-state index in [-0.39, 0.29) is 22.3 Å². The monoisotopic (exact) mass is 508 g/mol. The second-order valence-electron chi connectivity index (χ2n) is 7.89. The minimum atomic E-state index is -4.88. The van der Waals surface area contributed by atoms with Crippen molar-refractivity contribution in [3.8, 4) is 17.6 Å². The summed E-state index contributed by atoms with van der Waals surface area (Å²) in [5.74, 6) is -2.29. The lowest BCUT2D eigenvalue weighted by molar-refractivity contribution is -0.274. The van der Waals surface area contributed by atoms with Crippen LogP contribution in [-0.2, 0) is 11.2 Å². The molecule has 0 bridgehead atoms. The van der Waals surface area contributed by atoms with Crippen LogP contribution in [-0.4, -0.2) is 54.7 Å². The fraction of sp³-hybridized carbons (Fsp3) is 0.348. The molecule has 13 heteroatoms. The van der Waals surface area contributed by atoms with Crippen molar-refractivity contribution in [1.29, 1.82) is 5.26 Å². The number of nitrogens with zero attached hydrogens (tertiary/aromatic N) is 1. The molecule has 2 rings (SSSR count). The number of hydrogen-bond donors (Lipinski definition) is 3. The molecule has 2 aromatic carbocycles. The van der Waals surface area contributed by atoms with Gasteiger partial charge in [0.15, 0.2) is 5.54 Å². The summed E-state index contributed by atoms with van der Waals surface area (Å²) < 4.78 is 51.1. The maximum absolute atomic E-state index is 12.6. The highest BCUT2D eigenvalue weighted by Crippen LogP contribution is 2.24. The molecule has 3 N–H and O–H groups in total. The van der Waals surface area contributed by atoms with Crippen LogP contribution >= 0.6 is 0 Å². The molecular formula is C23H24BF3N2O7. The fourth-order valence-electron chi connectivity index (χ4n) is 3.31. The van der Waals surface area contributed by atoms with E-state index in [1.807, 2.05) is 13.0 Å². The average molecular weight is 508 g/mol. The van der Waals surface area contributed by atoms with Crippen molar-refractivity contribution in [2.45, 2.75) is 38.6 Å². The Labute approximate surface area is 205 Å². The number of hydrogen-bond acceptors (Lipinski definition) is 8. The minimum absolute atomic E-state index is 0.0455. The van der Waals surface area contributed by atoms with Gasteiger partial charge < -0.3 is 29.6 Å². The second kappa shape index (κ2) is 11.8. The average Bonchev–Trinajstić information content (AvgIpc) is 2.81. The standard InChI is InChI=1S/C23H24BF3N2O7/c1-4-5-14-8-11-17(18(21(31)34-3)19(14)24(32)33)35-13-22(2,12-28)29-20(30)15-6-9-16(10-7-15)36-23(25,26)27/h6-11,32-33H,4-5,13H2,1-3H3,(H,29,30). The maximum atomic E-state index is 12.6. The lowest BCUT2D eigenvalue weighted by atomic mass is 9.72. The number of aryl methyl sites for hydroxylation is 1. The van der Waals surface area contributed by atoms with Crippen LogP contribution in [0.4, 0.5) is 13.2 Å². The number of carbonyl (C=O) groups excluding carboxylic acids is 2. The number of methoxy groups -OCH3 is 1. The fourth-order valence-corrected chi connectivity index (χ4v) is 3.31. The Morgan fingerprint density at radius 3 is 2.28 bits per heavy atom. The van der Waals surface area contributed by atoms with Crippen LogP contribution in [0.25, 0.3) is 0 Å². The van der Waals surface area contributed by atoms with Crippen molar-refractivity contribution < 1.29 is 47.0 Å². The highest BCUT2D eigenvalue weighted by Gasteiger charge is 2.33. The van der Waals surface area contributed by atoms with E-state index in [1.54, 1.807) is 6.07 Å². The zero-order valence-corrected chi connectivity index (χ0v) is 19.7. The molecule has 0 saturated carbocycles. The van der Waals surface area contributed by atoms with Crippen LogP contribution < -0.4 is 20.3 Å². The number of benzene rings is 2. The summed E-state index contributed by atoms with van der Waals surface area (Å²) >= 11 is 0. The molecule has 0 aromatic heterocycles. The van der Waals surface area contributed by atoms with E-state index in [4.69, 9.17) is 9.47 Å². The Hall–Kier alpha value is -3.76. The van der Waals surface area contributed by atoms with Crippen molar-refractivity contribution in [1.82, 2.24) is 5.32 Å². The van der Waals surface area contributed by atoms with E-state index in [1.165, 1.54) is 13.0 Å². The van der Waals surface area contributed by atoms with Gasteiger partial charge in [-0.1, -0.05) is 19.4 Å². The van der Waals surface area contributed by atoms with Crippen molar-refractivity contribution >= 4 is 24.5 Å². The van der Waals surface area contributed by atoms with Gasteiger partial charge >= 0.3 is 19.5 Å². The number of nitriles is 1. The number of ether oxygens (including phenoxy) is 3. The van der Waals surface area contributed by atoms with Crippen LogP contribution in [0.3, 0.4) is 0 Å². The SMILES string of the molecule is CCCc1ccc(OCC(C)(C#N)NC(=O)c2ccc(OC(F)(F)F)cc2)c(C(=O)OC)c1B(O)O. The molecule has 0 aliphatic rings. The van der Waals surface area contributed by atoms with Gasteiger partial charge in [0.1, 0.15) is 23.7 Å². The van der Waals surface area contributed by atoms with E-state index in [0.29, 0.717) is 18.4 Å². The first-order chi connectivity index (χ1) is 16.8. The van der Waals surface area contributed by atoms with E-state index in [9.17, 15) is 38.1 Å². The highest BCUT2D eigenvalue weighted by atomic mass is 19.4. The van der Waals surface area contributed by atoms with Gasteiger partial charge in [-0.05, 0) is 49.2 Å². The van der Waals surface area contributed by atoms with Gasteiger partial charge in [0.25, 0.3) is 5.91 Å². The number of nitrogens with one attached hydrogen (secondary N) is 1. The molecule has 1 atom stereocenters. The van der Waals surface area contributed by atoms with Crippen LogP contribution in [0.5, 0.6) is 11.5 Å². The third-order valence-corrected chi connectivity index (χ3v) is 4.97. The second-order valence-corrected chi connectivity index (χ2v) is 7.89. The van der Waals surface area contributed by atoms with Crippen LogP contribution in [0.15, 0.2) is 36.4 Å². The number of carbonyl (C=O) groups is 2. The first-order valence-corrected chi connectivity index (χ1v) is 10.7. The smallest absolute Gasteiger partial charge is 0.489 e. The summed E-state index contributed by atoms with van der Waals surface area (Å²) in [6.45, 7) is 2.73. The minimum Gasteiger partial charge on any atom is -0.489 e.